The van der Waals surface area contributed by atoms with Gasteiger partial charge in [-0.2, -0.15) is 5.10 Å². The number of nitrogens with zero attached hydrogens (tertiary/aromatic N) is 4. The summed E-state index contributed by atoms with van der Waals surface area (Å²) in [6.07, 6.45) is 7.54. The van der Waals surface area contributed by atoms with Gasteiger partial charge in [0.05, 0.1) is 17.1 Å². The van der Waals surface area contributed by atoms with Crippen LogP contribution in [-0.4, -0.2) is 38.7 Å². The normalized spacial score (nSPS) is 18.3. The van der Waals surface area contributed by atoms with Gasteiger partial charge in [-0.1, -0.05) is 18.2 Å². The fourth-order valence-corrected chi connectivity index (χ4v) is 3.30. The van der Waals surface area contributed by atoms with Crippen molar-refractivity contribution in [1.82, 2.24) is 19.7 Å². The zero-order valence-corrected chi connectivity index (χ0v) is 12.8. The molecule has 1 amide bonds. The number of para-hydroxylation sites is 1. The van der Waals surface area contributed by atoms with Gasteiger partial charge in [0.15, 0.2) is 0 Å². The van der Waals surface area contributed by atoms with Crippen LogP contribution in [0.2, 0.25) is 0 Å². The summed E-state index contributed by atoms with van der Waals surface area (Å²) in [6.45, 7) is 1.49. The van der Waals surface area contributed by atoms with Gasteiger partial charge in [0.1, 0.15) is 0 Å². The highest BCUT2D eigenvalue weighted by atomic mass is 16.2. The van der Waals surface area contributed by atoms with Crippen LogP contribution < -0.4 is 0 Å². The summed E-state index contributed by atoms with van der Waals surface area (Å²) in [5.74, 6) is 0.0613. The van der Waals surface area contributed by atoms with E-state index in [1.54, 1.807) is 12.4 Å². The Morgan fingerprint density at radius 2 is 2.04 bits per heavy atom. The van der Waals surface area contributed by atoms with Crippen LogP contribution >= 0.6 is 0 Å². The average Bonchev–Trinajstić information content (AvgIpc) is 3.15. The van der Waals surface area contributed by atoms with Crippen LogP contribution in [0, 0.1) is 0 Å². The molecule has 0 N–H and O–H groups in total. The van der Waals surface area contributed by atoms with Crippen LogP contribution in [0.4, 0.5) is 0 Å². The molecule has 23 heavy (non-hydrogen) atoms. The number of hydrogen-bond donors (Lipinski definition) is 0. The molecule has 5 nitrogen and oxygen atoms in total. The third-order valence-corrected chi connectivity index (χ3v) is 4.45. The molecule has 1 saturated heterocycles. The van der Waals surface area contributed by atoms with Gasteiger partial charge in [0.2, 0.25) is 0 Å². The van der Waals surface area contributed by atoms with Crippen LogP contribution in [0.5, 0.6) is 0 Å². The standard InChI is InChI=1S/C18H18N4O/c23-18(16-8-1-5-14-6-2-9-19-17(14)16)21-11-3-7-15(13-21)22-12-4-10-20-22/h1-2,4-6,8-10,12,15H,3,7,11,13H2/t15-/m1/s1. The van der Waals surface area contributed by atoms with Crippen LogP contribution in [0.25, 0.3) is 10.9 Å². The molecule has 1 atom stereocenters. The highest BCUT2D eigenvalue weighted by Crippen LogP contribution is 2.24. The number of carbonyl (C=O) groups excluding carboxylic acids is 1. The average molecular weight is 306 g/mol. The number of hydrogen-bond acceptors (Lipinski definition) is 3. The summed E-state index contributed by atoms with van der Waals surface area (Å²) >= 11 is 0. The van der Waals surface area contributed by atoms with Gasteiger partial charge in [-0.25, -0.2) is 0 Å². The van der Waals surface area contributed by atoms with E-state index in [4.69, 9.17) is 0 Å². The summed E-state index contributed by atoms with van der Waals surface area (Å²) in [7, 11) is 0. The van der Waals surface area contributed by atoms with Crippen molar-refractivity contribution in [3.8, 4) is 0 Å². The number of pyridine rings is 1. The van der Waals surface area contributed by atoms with Crippen molar-refractivity contribution < 1.29 is 4.79 Å². The summed E-state index contributed by atoms with van der Waals surface area (Å²) in [4.78, 5) is 19.3. The molecule has 1 aliphatic rings. The van der Waals surface area contributed by atoms with Crippen molar-refractivity contribution in [2.24, 2.45) is 0 Å². The largest absolute Gasteiger partial charge is 0.336 e. The Labute approximate surface area is 134 Å². The number of aromatic nitrogens is 3. The van der Waals surface area contributed by atoms with E-state index < -0.39 is 0 Å². The Hall–Kier alpha value is -2.69. The molecule has 1 fully saturated rings. The smallest absolute Gasteiger partial charge is 0.256 e. The highest BCUT2D eigenvalue weighted by molar-refractivity contribution is 6.05. The van der Waals surface area contributed by atoms with E-state index in [0.29, 0.717) is 12.1 Å². The molecular weight excluding hydrogens is 288 g/mol. The lowest BCUT2D eigenvalue weighted by Gasteiger charge is -2.33. The van der Waals surface area contributed by atoms with Crippen molar-refractivity contribution in [3.63, 3.8) is 0 Å². The maximum atomic E-state index is 13.0. The van der Waals surface area contributed by atoms with Crippen molar-refractivity contribution in [2.75, 3.05) is 13.1 Å². The van der Waals surface area contributed by atoms with Crippen LogP contribution in [-0.2, 0) is 0 Å². The predicted molar refractivity (Wildman–Crippen MR) is 88.1 cm³/mol. The number of rotatable bonds is 2. The van der Waals surface area contributed by atoms with Gasteiger partial charge >= 0.3 is 0 Å². The molecular formula is C18H18N4O. The molecule has 0 aliphatic carbocycles. The fraction of sp³-hybridized carbons (Fsp3) is 0.278. The first-order chi connectivity index (χ1) is 11.3. The van der Waals surface area contributed by atoms with Crippen LogP contribution in [0.3, 0.4) is 0 Å². The van der Waals surface area contributed by atoms with Gasteiger partial charge in [0.25, 0.3) is 5.91 Å². The van der Waals surface area contributed by atoms with Gasteiger partial charge in [-0.15, -0.1) is 0 Å². The molecule has 4 rings (SSSR count). The summed E-state index contributed by atoms with van der Waals surface area (Å²) < 4.78 is 1.96. The Kier molecular flexibility index (Phi) is 3.54. The predicted octanol–water partition coefficient (Wildman–Crippen LogP) is 2.91. The lowest BCUT2D eigenvalue weighted by Crippen LogP contribution is -2.41. The lowest BCUT2D eigenvalue weighted by atomic mass is 10.0. The minimum atomic E-state index is 0.0613. The Bertz CT molecular complexity index is 823. The third-order valence-electron chi connectivity index (χ3n) is 4.45. The molecule has 5 heteroatoms. The molecule has 2 aromatic heterocycles. The first-order valence-corrected chi connectivity index (χ1v) is 7.95. The minimum Gasteiger partial charge on any atom is -0.336 e. The third kappa shape index (κ3) is 2.59. The van der Waals surface area contributed by atoms with Gasteiger partial charge in [0, 0.05) is 37.1 Å². The maximum absolute atomic E-state index is 13.0. The topological polar surface area (TPSA) is 51.0 Å². The van der Waals surface area contributed by atoms with Crippen molar-refractivity contribution in [1.29, 1.82) is 0 Å². The molecule has 0 saturated carbocycles. The molecule has 0 spiro atoms. The number of benzene rings is 1. The van der Waals surface area contributed by atoms with E-state index in [2.05, 4.69) is 10.1 Å². The monoisotopic (exact) mass is 306 g/mol. The Balaban J connectivity index is 1.63. The number of fused-ring (bicyclic) bond motifs is 1. The van der Waals surface area contributed by atoms with E-state index in [1.165, 1.54) is 0 Å². The maximum Gasteiger partial charge on any atom is 0.256 e. The zero-order valence-electron chi connectivity index (χ0n) is 12.8. The molecule has 0 radical (unpaired) electrons. The highest BCUT2D eigenvalue weighted by Gasteiger charge is 2.26. The first-order valence-electron chi connectivity index (χ1n) is 7.95. The molecule has 1 aliphatic heterocycles. The van der Waals surface area contributed by atoms with Crippen molar-refractivity contribution >= 4 is 16.8 Å². The summed E-state index contributed by atoms with van der Waals surface area (Å²) in [5, 5.41) is 5.32. The van der Waals surface area contributed by atoms with Crippen molar-refractivity contribution in [3.05, 3.63) is 60.6 Å². The molecule has 1 aromatic carbocycles. The second-order valence-corrected chi connectivity index (χ2v) is 5.91. The van der Waals surface area contributed by atoms with E-state index in [1.807, 2.05) is 52.2 Å². The summed E-state index contributed by atoms with van der Waals surface area (Å²) in [6, 6.07) is 11.8. The van der Waals surface area contributed by atoms with E-state index in [0.717, 1.165) is 30.3 Å². The number of likely N-dealkylation sites (tertiary alicyclic amines) is 1. The lowest BCUT2D eigenvalue weighted by molar-refractivity contribution is 0.0675. The van der Waals surface area contributed by atoms with Gasteiger partial charge < -0.3 is 4.90 Å². The van der Waals surface area contributed by atoms with Gasteiger partial charge in [-0.3, -0.25) is 14.5 Å². The second kappa shape index (κ2) is 5.83. The minimum absolute atomic E-state index is 0.0613. The molecule has 3 heterocycles. The molecule has 116 valence electrons. The summed E-state index contributed by atoms with van der Waals surface area (Å²) in [5.41, 5.74) is 1.46. The van der Waals surface area contributed by atoms with E-state index in [9.17, 15) is 4.79 Å². The van der Waals surface area contributed by atoms with E-state index in [-0.39, 0.29) is 11.9 Å². The van der Waals surface area contributed by atoms with Crippen molar-refractivity contribution in [2.45, 2.75) is 18.9 Å². The number of amides is 1. The fourth-order valence-electron chi connectivity index (χ4n) is 3.30. The van der Waals surface area contributed by atoms with Crippen LogP contribution in [0.15, 0.2) is 55.0 Å². The van der Waals surface area contributed by atoms with E-state index >= 15 is 0 Å². The van der Waals surface area contributed by atoms with Crippen LogP contribution in [0.1, 0.15) is 29.2 Å². The molecule has 3 aromatic rings. The number of piperidine rings is 1. The molecule has 0 bridgehead atoms. The Morgan fingerprint density at radius 1 is 1.13 bits per heavy atom. The quantitative estimate of drug-likeness (QED) is 0.731. The van der Waals surface area contributed by atoms with Gasteiger partial charge in [-0.05, 0) is 31.0 Å². The first kappa shape index (κ1) is 13.9. The zero-order chi connectivity index (χ0) is 15.6. The molecule has 0 unspecified atom stereocenters. The second-order valence-electron chi connectivity index (χ2n) is 5.91. The number of carbonyl (C=O) groups is 1. The Morgan fingerprint density at radius 3 is 2.91 bits per heavy atom. The SMILES string of the molecule is O=C(c1cccc2cccnc12)N1CCC[C@@H](n2cccn2)C1.